The third kappa shape index (κ3) is 4.38. The van der Waals surface area contributed by atoms with E-state index in [4.69, 9.17) is 4.74 Å². The molecule has 3 aromatic rings. The average molecular weight is 337 g/mol. The summed E-state index contributed by atoms with van der Waals surface area (Å²) in [4.78, 5) is 23.8. The molecule has 0 spiro atoms. The standard InChI is InChI=1S/C19H19N3O3/c1-14-5-4-7-16(11-14)25-13-19(24)21-20-18(23)12-22-10-9-15-6-2-3-8-17(15)22/h2-11H,12-13H2,1H3,(H,20,23)(H,21,24). The Labute approximate surface area is 145 Å². The van der Waals surface area contributed by atoms with Gasteiger partial charge in [0.15, 0.2) is 6.61 Å². The highest BCUT2D eigenvalue weighted by Crippen LogP contribution is 2.14. The lowest BCUT2D eigenvalue weighted by molar-refractivity contribution is -0.130. The van der Waals surface area contributed by atoms with Crippen LogP contribution in [0.15, 0.2) is 60.8 Å². The monoisotopic (exact) mass is 337 g/mol. The average Bonchev–Trinajstić information content (AvgIpc) is 3.01. The molecule has 1 aromatic heterocycles. The SMILES string of the molecule is Cc1cccc(OCC(=O)NNC(=O)Cn2ccc3ccccc32)c1. The molecule has 0 saturated carbocycles. The summed E-state index contributed by atoms with van der Waals surface area (Å²) in [6, 6.07) is 17.1. The van der Waals surface area contributed by atoms with E-state index in [1.54, 1.807) is 6.07 Å². The lowest BCUT2D eigenvalue weighted by Crippen LogP contribution is -2.45. The molecule has 128 valence electrons. The van der Waals surface area contributed by atoms with Gasteiger partial charge in [0, 0.05) is 11.7 Å². The van der Waals surface area contributed by atoms with Crippen LogP contribution in [-0.2, 0) is 16.1 Å². The second kappa shape index (κ2) is 7.53. The van der Waals surface area contributed by atoms with Crippen molar-refractivity contribution in [2.45, 2.75) is 13.5 Å². The third-order valence-corrected chi connectivity index (χ3v) is 3.69. The number of fused-ring (bicyclic) bond motifs is 1. The predicted molar refractivity (Wildman–Crippen MR) is 94.9 cm³/mol. The fourth-order valence-corrected chi connectivity index (χ4v) is 2.50. The number of ether oxygens (including phenoxy) is 1. The summed E-state index contributed by atoms with van der Waals surface area (Å²) in [7, 11) is 0. The maximum atomic E-state index is 12.0. The van der Waals surface area contributed by atoms with Crippen LogP contribution < -0.4 is 15.6 Å². The fraction of sp³-hybridized carbons (Fsp3) is 0.158. The molecule has 0 atom stereocenters. The molecule has 0 radical (unpaired) electrons. The number of benzene rings is 2. The summed E-state index contributed by atoms with van der Waals surface area (Å²) >= 11 is 0. The van der Waals surface area contributed by atoms with E-state index >= 15 is 0 Å². The van der Waals surface area contributed by atoms with Crippen LogP contribution in [0.4, 0.5) is 0 Å². The van der Waals surface area contributed by atoms with Gasteiger partial charge in [-0.1, -0.05) is 30.3 Å². The van der Waals surface area contributed by atoms with E-state index in [-0.39, 0.29) is 19.1 Å². The highest BCUT2D eigenvalue weighted by molar-refractivity contribution is 5.85. The van der Waals surface area contributed by atoms with Crippen LogP contribution in [0.25, 0.3) is 10.9 Å². The number of nitrogens with one attached hydrogen (secondary N) is 2. The molecular weight excluding hydrogens is 318 g/mol. The molecule has 0 aliphatic heterocycles. The van der Waals surface area contributed by atoms with Gasteiger partial charge in [-0.15, -0.1) is 0 Å². The third-order valence-electron chi connectivity index (χ3n) is 3.69. The summed E-state index contributed by atoms with van der Waals surface area (Å²) in [5.74, 6) is -0.127. The Morgan fingerprint density at radius 1 is 1.00 bits per heavy atom. The summed E-state index contributed by atoms with van der Waals surface area (Å²) in [5.41, 5.74) is 6.76. The van der Waals surface area contributed by atoms with E-state index in [0.29, 0.717) is 5.75 Å². The minimum Gasteiger partial charge on any atom is -0.484 e. The molecule has 0 bridgehead atoms. The predicted octanol–water partition coefficient (Wildman–Crippen LogP) is 2.18. The molecule has 0 aliphatic carbocycles. The Morgan fingerprint density at radius 3 is 2.64 bits per heavy atom. The van der Waals surface area contributed by atoms with E-state index in [2.05, 4.69) is 10.9 Å². The molecule has 25 heavy (non-hydrogen) atoms. The van der Waals surface area contributed by atoms with Crippen LogP contribution in [0.3, 0.4) is 0 Å². The highest BCUT2D eigenvalue weighted by Gasteiger charge is 2.08. The number of hydrogen-bond donors (Lipinski definition) is 2. The van der Waals surface area contributed by atoms with Gasteiger partial charge in [0.25, 0.3) is 11.8 Å². The molecule has 1 heterocycles. The van der Waals surface area contributed by atoms with Crippen LogP contribution >= 0.6 is 0 Å². The first-order valence-electron chi connectivity index (χ1n) is 7.93. The van der Waals surface area contributed by atoms with Gasteiger partial charge in [0.05, 0.1) is 0 Å². The maximum absolute atomic E-state index is 12.0. The summed E-state index contributed by atoms with van der Waals surface area (Å²) in [6.45, 7) is 1.89. The van der Waals surface area contributed by atoms with E-state index in [0.717, 1.165) is 16.5 Å². The lowest BCUT2D eigenvalue weighted by Gasteiger charge is -2.10. The molecule has 6 heteroatoms. The van der Waals surface area contributed by atoms with Crippen molar-refractivity contribution in [2.75, 3.05) is 6.61 Å². The number of aromatic nitrogens is 1. The zero-order valence-corrected chi connectivity index (χ0v) is 13.9. The van der Waals surface area contributed by atoms with Crippen LogP contribution in [0.5, 0.6) is 5.75 Å². The van der Waals surface area contributed by atoms with Crippen molar-refractivity contribution >= 4 is 22.7 Å². The molecule has 0 unspecified atom stereocenters. The largest absolute Gasteiger partial charge is 0.484 e. The Kier molecular flexibility index (Phi) is 4.99. The molecule has 3 rings (SSSR count). The quantitative estimate of drug-likeness (QED) is 0.701. The Hall–Kier alpha value is -3.28. The van der Waals surface area contributed by atoms with Crippen molar-refractivity contribution in [1.29, 1.82) is 0 Å². The van der Waals surface area contributed by atoms with Crippen molar-refractivity contribution in [3.63, 3.8) is 0 Å². The van der Waals surface area contributed by atoms with Crippen molar-refractivity contribution in [1.82, 2.24) is 15.4 Å². The number of rotatable bonds is 5. The molecule has 0 aliphatic rings. The number of aryl methyl sites for hydroxylation is 1. The Balaban J connectivity index is 1.46. The molecular formula is C19H19N3O3. The van der Waals surface area contributed by atoms with Crippen molar-refractivity contribution < 1.29 is 14.3 Å². The van der Waals surface area contributed by atoms with Crippen molar-refractivity contribution in [3.05, 3.63) is 66.4 Å². The smallest absolute Gasteiger partial charge is 0.276 e. The van der Waals surface area contributed by atoms with E-state index in [1.165, 1.54) is 0 Å². The Bertz CT molecular complexity index is 902. The topological polar surface area (TPSA) is 72.4 Å². The van der Waals surface area contributed by atoms with E-state index in [1.807, 2.05) is 66.2 Å². The van der Waals surface area contributed by atoms with Crippen LogP contribution in [0.1, 0.15) is 5.56 Å². The number of para-hydroxylation sites is 1. The summed E-state index contributed by atoms with van der Waals surface area (Å²) in [5, 5.41) is 1.06. The summed E-state index contributed by atoms with van der Waals surface area (Å²) < 4.78 is 7.20. The molecule has 2 aromatic carbocycles. The maximum Gasteiger partial charge on any atom is 0.276 e. The molecule has 0 fully saturated rings. The zero-order valence-electron chi connectivity index (χ0n) is 13.9. The van der Waals surface area contributed by atoms with Gasteiger partial charge in [0.2, 0.25) is 0 Å². The lowest BCUT2D eigenvalue weighted by atomic mass is 10.2. The van der Waals surface area contributed by atoms with Gasteiger partial charge in [-0.2, -0.15) is 0 Å². The zero-order chi connectivity index (χ0) is 17.6. The molecule has 2 N–H and O–H groups in total. The fourth-order valence-electron chi connectivity index (χ4n) is 2.50. The highest BCUT2D eigenvalue weighted by atomic mass is 16.5. The van der Waals surface area contributed by atoms with E-state index < -0.39 is 5.91 Å². The first-order chi connectivity index (χ1) is 12.1. The minimum atomic E-state index is -0.424. The number of carbonyl (C=O) groups excluding carboxylic acids is 2. The molecule has 2 amide bonds. The van der Waals surface area contributed by atoms with Gasteiger partial charge in [-0.3, -0.25) is 20.4 Å². The molecule has 0 saturated heterocycles. The van der Waals surface area contributed by atoms with E-state index in [9.17, 15) is 9.59 Å². The van der Waals surface area contributed by atoms with Crippen molar-refractivity contribution in [3.8, 4) is 5.75 Å². The van der Waals surface area contributed by atoms with Crippen molar-refractivity contribution in [2.24, 2.45) is 0 Å². The van der Waals surface area contributed by atoms with Crippen LogP contribution in [-0.4, -0.2) is 23.0 Å². The van der Waals surface area contributed by atoms with Gasteiger partial charge in [-0.25, -0.2) is 0 Å². The van der Waals surface area contributed by atoms with Gasteiger partial charge >= 0.3 is 0 Å². The minimum absolute atomic E-state index is 0.118. The second-order valence-electron chi connectivity index (χ2n) is 5.70. The number of carbonyl (C=O) groups is 2. The van der Waals surface area contributed by atoms with Gasteiger partial charge in [-0.05, 0) is 42.1 Å². The van der Waals surface area contributed by atoms with Gasteiger partial charge < -0.3 is 9.30 Å². The first-order valence-corrected chi connectivity index (χ1v) is 7.93. The Morgan fingerprint density at radius 2 is 1.80 bits per heavy atom. The number of amides is 2. The molecule has 6 nitrogen and oxygen atoms in total. The van der Waals surface area contributed by atoms with Crippen LogP contribution in [0.2, 0.25) is 0 Å². The van der Waals surface area contributed by atoms with Crippen LogP contribution in [0, 0.1) is 6.92 Å². The summed E-state index contributed by atoms with van der Waals surface area (Å²) in [6.07, 6.45) is 1.84. The number of hydrazine groups is 1. The van der Waals surface area contributed by atoms with Gasteiger partial charge in [0.1, 0.15) is 12.3 Å². The first kappa shape index (κ1) is 16.6. The second-order valence-corrected chi connectivity index (χ2v) is 5.70. The normalized spacial score (nSPS) is 10.4. The number of nitrogens with zero attached hydrogens (tertiary/aromatic N) is 1. The number of hydrogen-bond acceptors (Lipinski definition) is 3.